The van der Waals surface area contributed by atoms with Gasteiger partial charge in [0.25, 0.3) is 11.6 Å². The summed E-state index contributed by atoms with van der Waals surface area (Å²) in [5.74, 6) is -1.49. The highest BCUT2D eigenvalue weighted by Gasteiger charge is 2.20. The number of carbonyl (C=O) groups excluding carboxylic acids is 2. The fourth-order valence-corrected chi connectivity index (χ4v) is 3.39. The zero-order valence-electron chi connectivity index (χ0n) is 15.7. The molecule has 0 bridgehead atoms. The topological polar surface area (TPSA) is 145 Å². The van der Waals surface area contributed by atoms with E-state index in [0.717, 1.165) is 6.07 Å². The molecule has 0 saturated heterocycles. The SMILES string of the molecule is C[C@@H](OC(=O)CCNS(=O)(=O)c1ccc(Cl)cc1)C(=O)Nc1cccc([N+](=O)[O-])c1. The summed E-state index contributed by atoms with van der Waals surface area (Å²) >= 11 is 5.72. The zero-order chi connectivity index (χ0) is 22.3. The molecule has 0 spiro atoms. The molecule has 0 aliphatic rings. The van der Waals surface area contributed by atoms with Crippen molar-refractivity contribution in [1.82, 2.24) is 4.72 Å². The number of rotatable bonds is 9. The molecule has 160 valence electrons. The quantitative estimate of drug-likeness (QED) is 0.335. The monoisotopic (exact) mass is 455 g/mol. The first-order valence-electron chi connectivity index (χ1n) is 8.58. The molecule has 0 aliphatic heterocycles. The minimum absolute atomic E-state index is 0.00929. The lowest BCUT2D eigenvalue weighted by Crippen LogP contribution is -2.32. The standard InChI is InChI=1S/C18H18ClN3O7S/c1-12(18(24)21-14-3-2-4-15(11-14)22(25)26)29-17(23)9-10-20-30(27,28)16-7-5-13(19)6-8-16/h2-8,11-12,20H,9-10H2,1H3,(H,21,24)/t12-/m1/s1. The third-order valence-electron chi connectivity index (χ3n) is 3.75. The van der Waals surface area contributed by atoms with Crippen molar-refractivity contribution in [3.63, 3.8) is 0 Å². The first kappa shape index (κ1) is 23.3. The Morgan fingerprint density at radius 1 is 1.20 bits per heavy atom. The number of anilines is 1. The van der Waals surface area contributed by atoms with Gasteiger partial charge < -0.3 is 10.1 Å². The van der Waals surface area contributed by atoms with Crippen molar-refractivity contribution in [1.29, 1.82) is 0 Å². The van der Waals surface area contributed by atoms with E-state index in [4.69, 9.17) is 16.3 Å². The number of benzene rings is 2. The maximum atomic E-state index is 12.1. The van der Waals surface area contributed by atoms with Crippen molar-refractivity contribution in [3.8, 4) is 0 Å². The summed E-state index contributed by atoms with van der Waals surface area (Å²) in [7, 11) is -3.82. The van der Waals surface area contributed by atoms with Gasteiger partial charge in [0.05, 0.1) is 16.2 Å². The fraction of sp³-hybridized carbons (Fsp3) is 0.222. The second-order valence-electron chi connectivity index (χ2n) is 6.03. The van der Waals surface area contributed by atoms with E-state index in [0.29, 0.717) is 5.02 Å². The molecule has 1 amide bonds. The van der Waals surface area contributed by atoms with Gasteiger partial charge in [-0.15, -0.1) is 0 Å². The van der Waals surface area contributed by atoms with E-state index in [2.05, 4.69) is 10.0 Å². The molecule has 0 fully saturated rings. The molecule has 0 aromatic heterocycles. The number of amides is 1. The van der Waals surface area contributed by atoms with E-state index in [1.54, 1.807) is 0 Å². The minimum Gasteiger partial charge on any atom is -0.452 e. The number of nitro groups is 1. The number of nitro benzene ring substituents is 1. The largest absolute Gasteiger partial charge is 0.452 e. The number of sulfonamides is 1. The van der Waals surface area contributed by atoms with Crippen LogP contribution in [0.1, 0.15) is 13.3 Å². The van der Waals surface area contributed by atoms with Crippen LogP contribution in [0.25, 0.3) is 0 Å². The number of hydrogen-bond donors (Lipinski definition) is 2. The highest BCUT2D eigenvalue weighted by Crippen LogP contribution is 2.17. The van der Waals surface area contributed by atoms with Gasteiger partial charge in [-0.25, -0.2) is 13.1 Å². The van der Waals surface area contributed by atoms with Gasteiger partial charge in [-0.05, 0) is 37.3 Å². The molecule has 1 atom stereocenters. The average molecular weight is 456 g/mol. The molecule has 12 heteroatoms. The van der Waals surface area contributed by atoms with Crippen molar-refractivity contribution >= 4 is 44.9 Å². The Morgan fingerprint density at radius 2 is 1.87 bits per heavy atom. The maximum absolute atomic E-state index is 12.1. The summed E-state index contributed by atoms with van der Waals surface area (Å²) < 4.78 is 31.4. The Morgan fingerprint density at radius 3 is 2.50 bits per heavy atom. The Labute approximate surface area is 177 Å². The normalized spacial score (nSPS) is 12.1. The molecule has 0 saturated carbocycles. The van der Waals surface area contributed by atoms with Gasteiger partial charge in [0.15, 0.2) is 6.10 Å². The summed E-state index contributed by atoms with van der Waals surface area (Å²) in [6.45, 7) is 1.09. The minimum atomic E-state index is -3.82. The summed E-state index contributed by atoms with van der Waals surface area (Å²) in [4.78, 5) is 34.1. The predicted molar refractivity (Wildman–Crippen MR) is 109 cm³/mol. The van der Waals surface area contributed by atoms with Crippen molar-refractivity contribution < 1.29 is 27.7 Å². The molecule has 2 aromatic rings. The van der Waals surface area contributed by atoms with E-state index < -0.39 is 32.9 Å². The number of nitrogens with one attached hydrogen (secondary N) is 2. The molecule has 2 N–H and O–H groups in total. The van der Waals surface area contributed by atoms with Crippen LogP contribution in [0.15, 0.2) is 53.4 Å². The lowest BCUT2D eigenvalue weighted by Gasteiger charge is -2.13. The van der Waals surface area contributed by atoms with Gasteiger partial charge in [0, 0.05) is 29.4 Å². The number of esters is 1. The van der Waals surface area contributed by atoms with Crippen LogP contribution < -0.4 is 10.0 Å². The molecule has 0 unspecified atom stereocenters. The maximum Gasteiger partial charge on any atom is 0.307 e. The van der Waals surface area contributed by atoms with Crippen LogP contribution in [-0.4, -0.2) is 37.9 Å². The lowest BCUT2D eigenvalue weighted by atomic mass is 10.2. The van der Waals surface area contributed by atoms with Crippen molar-refractivity contribution in [3.05, 3.63) is 63.7 Å². The first-order valence-corrected chi connectivity index (χ1v) is 10.4. The number of carbonyl (C=O) groups is 2. The van der Waals surface area contributed by atoms with Gasteiger partial charge in [-0.2, -0.15) is 0 Å². The van der Waals surface area contributed by atoms with Crippen LogP contribution in [-0.2, 0) is 24.3 Å². The third kappa shape index (κ3) is 6.79. The molecule has 2 rings (SSSR count). The highest BCUT2D eigenvalue weighted by molar-refractivity contribution is 7.89. The van der Waals surface area contributed by atoms with Crippen molar-refractivity contribution in [2.45, 2.75) is 24.3 Å². The molecular formula is C18H18ClN3O7S. The zero-order valence-corrected chi connectivity index (χ0v) is 17.3. The summed E-state index contributed by atoms with van der Waals surface area (Å²) in [5.41, 5.74) is -0.0294. The number of hydrogen-bond acceptors (Lipinski definition) is 7. The van der Waals surface area contributed by atoms with Gasteiger partial charge in [0.1, 0.15) is 0 Å². The summed E-state index contributed by atoms with van der Waals surface area (Å²) in [6.07, 6.45) is -1.49. The van der Waals surface area contributed by atoms with E-state index in [9.17, 15) is 28.1 Å². The Kier molecular flexibility index (Phi) is 7.86. The van der Waals surface area contributed by atoms with E-state index in [1.165, 1.54) is 49.4 Å². The predicted octanol–water partition coefficient (Wildman–Crippen LogP) is 2.49. The fourth-order valence-electron chi connectivity index (χ4n) is 2.24. The Balaban J connectivity index is 1.82. The Bertz CT molecular complexity index is 1040. The number of non-ortho nitro benzene ring substituents is 1. The smallest absolute Gasteiger partial charge is 0.307 e. The number of halogens is 1. The molecular weight excluding hydrogens is 438 g/mol. The first-order chi connectivity index (χ1) is 14.1. The molecule has 30 heavy (non-hydrogen) atoms. The Hall–Kier alpha value is -3.02. The lowest BCUT2D eigenvalue weighted by molar-refractivity contribution is -0.384. The van der Waals surface area contributed by atoms with Crippen LogP contribution in [0, 0.1) is 10.1 Å². The van der Waals surface area contributed by atoms with Crippen LogP contribution >= 0.6 is 11.6 Å². The molecule has 0 heterocycles. The molecule has 10 nitrogen and oxygen atoms in total. The number of nitrogens with zero attached hydrogens (tertiary/aromatic N) is 1. The van der Waals surface area contributed by atoms with E-state index in [-0.39, 0.29) is 29.2 Å². The average Bonchev–Trinajstić information content (AvgIpc) is 2.68. The molecule has 0 aliphatic carbocycles. The second kappa shape index (κ2) is 10.1. The molecule has 2 aromatic carbocycles. The van der Waals surface area contributed by atoms with Gasteiger partial charge in [-0.3, -0.25) is 19.7 Å². The summed E-state index contributed by atoms with van der Waals surface area (Å²) in [5, 5.41) is 13.6. The van der Waals surface area contributed by atoms with Crippen molar-refractivity contribution in [2.75, 3.05) is 11.9 Å². The van der Waals surface area contributed by atoms with Gasteiger partial charge in [0.2, 0.25) is 10.0 Å². The van der Waals surface area contributed by atoms with E-state index >= 15 is 0 Å². The molecule has 0 radical (unpaired) electrons. The van der Waals surface area contributed by atoms with Crippen LogP contribution in [0.5, 0.6) is 0 Å². The van der Waals surface area contributed by atoms with Gasteiger partial charge >= 0.3 is 5.97 Å². The van der Waals surface area contributed by atoms with Crippen molar-refractivity contribution in [2.24, 2.45) is 0 Å². The van der Waals surface area contributed by atoms with Gasteiger partial charge in [-0.1, -0.05) is 17.7 Å². The van der Waals surface area contributed by atoms with Crippen LogP contribution in [0.4, 0.5) is 11.4 Å². The summed E-state index contributed by atoms with van der Waals surface area (Å²) in [6, 6.07) is 10.8. The van der Waals surface area contributed by atoms with Crippen LogP contribution in [0.3, 0.4) is 0 Å². The highest BCUT2D eigenvalue weighted by atomic mass is 35.5. The van der Waals surface area contributed by atoms with Crippen LogP contribution in [0.2, 0.25) is 5.02 Å². The second-order valence-corrected chi connectivity index (χ2v) is 8.23. The number of ether oxygens (including phenoxy) is 1. The van der Waals surface area contributed by atoms with E-state index in [1.807, 2.05) is 0 Å². The third-order valence-corrected chi connectivity index (χ3v) is 5.48.